The van der Waals surface area contributed by atoms with Crippen molar-refractivity contribution in [1.82, 2.24) is 60.0 Å². The number of likely N-dealkylation sites (N-methyl/N-ethyl adjacent to an activating group) is 5. The predicted octanol–water partition coefficient (Wildman–Crippen LogP) is 7.52. The Morgan fingerprint density at radius 2 is 1.23 bits per heavy atom. The molecule has 12 atom stereocenters. The molecule has 4 aliphatic heterocycles. The summed E-state index contributed by atoms with van der Waals surface area (Å²) in [5.74, 6) is -16.4. The van der Waals surface area contributed by atoms with Crippen LogP contribution in [-0.4, -0.2) is 301 Å². The van der Waals surface area contributed by atoms with E-state index < -0.39 is 230 Å². The highest BCUT2D eigenvalue weighted by molar-refractivity contribution is 6.01. The number of nitrogens with one attached hydrogen (secondary N) is 3. The Labute approximate surface area is 671 Å². The van der Waals surface area contributed by atoms with Crippen LogP contribution in [0, 0.1) is 47.3 Å². The summed E-state index contributed by atoms with van der Waals surface area (Å²) < 4.78 is 127. The second-order valence-corrected chi connectivity index (χ2v) is 35.0. The standard InChI is InChI=1S/C81H126F8N12O14/c1-11-49(5)68-76(111)94(7)47-66(104)95(8)59-23-15-16-33-99(75(59)110)62(42-51-24-27-54(28-25-51)80(84,85)86)73(108)93(6)46-64(102)90-58(29-26-52-40-56(82)67(57(83)41-52)81(87,88)89)72(107)101-45-55(115-12-2)43-61(101)71(106)92-79(31-18-32-79)78(113)97(10)69(53-21-13-14-22-53)77(112)100(34-30-50-19-17-20-50)63(74(109)98-35-37-114-38-36-98)44-65(103)96(9)60(39-48(3)4)70(105)91-68/h48-63,67-69H,11-47H2,1-10H3,(H,90,102)(H,91,105)(H,92,106)/t49-,51?,52?,54?,55+,56?,57?,58-,59-,60-,61-,62-,63-,67?,68-,69-/m0/s1. The fraction of sp³-hybridized carbons (Fsp3) is 0.852. The van der Waals surface area contributed by atoms with Crippen molar-refractivity contribution >= 4 is 70.9 Å². The summed E-state index contributed by atoms with van der Waals surface area (Å²) in [6.07, 6.45) is -12.6. The Morgan fingerprint density at radius 1 is 0.591 bits per heavy atom. The number of hydrogen-bond donors (Lipinski definition) is 3. The van der Waals surface area contributed by atoms with Crippen molar-refractivity contribution in [2.45, 2.75) is 293 Å². The zero-order chi connectivity index (χ0) is 84.3. The topological polar surface area (TPSA) is 289 Å². The van der Waals surface area contributed by atoms with Gasteiger partial charge in [0.2, 0.25) is 70.9 Å². The molecule has 115 heavy (non-hydrogen) atoms. The van der Waals surface area contributed by atoms with Gasteiger partial charge in [-0.2, -0.15) is 26.3 Å². The smallest absolute Gasteiger partial charge is 0.378 e. The van der Waals surface area contributed by atoms with Gasteiger partial charge in [0.15, 0.2) is 0 Å². The normalized spacial score (nSPS) is 32.1. The molecule has 2 bridgehead atoms. The molecule has 12 amide bonds. The minimum absolute atomic E-state index is 0.000602. The van der Waals surface area contributed by atoms with E-state index in [2.05, 4.69) is 16.0 Å². The maximum absolute atomic E-state index is 16.5. The first-order chi connectivity index (χ1) is 54.3. The van der Waals surface area contributed by atoms with Crippen LogP contribution >= 0.6 is 0 Å². The lowest BCUT2D eigenvalue weighted by Gasteiger charge is -2.47. The summed E-state index contributed by atoms with van der Waals surface area (Å²) in [5.41, 5.74) is -1.70. The molecule has 9 fully saturated rings. The third-order valence-corrected chi connectivity index (χ3v) is 26.7. The van der Waals surface area contributed by atoms with Crippen molar-refractivity contribution in [1.29, 1.82) is 0 Å². The lowest BCUT2D eigenvalue weighted by atomic mass is 9.74. The Morgan fingerprint density at radius 3 is 1.80 bits per heavy atom. The van der Waals surface area contributed by atoms with Crippen LogP contribution in [0.25, 0.3) is 0 Å². The first-order valence-electron chi connectivity index (χ1n) is 42.3. The molecule has 0 radical (unpaired) electrons. The van der Waals surface area contributed by atoms with Crippen molar-refractivity contribution in [3.63, 3.8) is 0 Å². The molecular formula is C81H126F8N12O14. The molecular weight excluding hydrogens is 1520 g/mol. The number of carbonyl (C=O) groups excluding carboxylic acids is 12. The third kappa shape index (κ3) is 22.5. The van der Waals surface area contributed by atoms with E-state index >= 15 is 51.9 Å². The molecule has 9 rings (SSSR count). The Hall–Kier alpha value is -7.00. The highest BCUT2D eigenvalue weighted by Gasteiger charge is 2.57. The Kier molecular flexibility index (Phi) is 32.1. The Bertz CT molecular complexity index is 3390. The summed E-state index contributed by atoms with van der Waals surface area (Å²) in [6, 6.07) is -11.2. The SMILES string of the molecule is CCO[C@@H]1C[C@H]2C(=O)NC3(CCC3)C(=O)N(C)[C@@H](C3CCCC3)C(=O)N(CCC3CCC3)[C@H](C(=O)N3CCOCC3)CC(=O)N(C)[C@@H](CC(C)C)C(=O)N[C@@H]([C@@H](C)CC)C(=O)N(C)CC(=O)N(C)[C@H]3CCCCN(C3=O)[C@@H](CC3CCC(C(F)(F)F)CC3)C(=O)N(C)CC(=O)N[C@@H](CCC3CC(F)C(C(F)(F)F)C(F)C3)C(=O)N2C1. The lowest BCUT2D eigenvalue weighted by molar-refractivity contribution is -0.219. The van der Waals surface area contributed by atoms with Gasteiger partial charge < -0.3 is 69.5 Å². The monoisotopic (exact) mass is 1640 g/mol. The van der Waals surface area contributed by atoms with Gasteiger partial charge in [0.1, 0.15) is 72.1 Å². The molecule has 26 nitrogen and oxygen atoms in total. The second-order valence-electron chi connectivity index (χ2n) is 35.0. The second kappa shape index (κ2) is 40.2. The quantitative estimate of drug-likeness (QED) is 0.126. The number of morpholine rings is 1. The molecule has 34 heteroatoms. The summed E-state index contributed by atoms with van der Waals surface area (Å²) in [6.45, 7) is 7.69. The van der Waals surface area contributed by atoms with Crippen LogP contribution in [0.4, 0.5) is 35.1 Å². The van der Waals surface area contributed by atoms with Gasteiger partial charge in [-0.25, -0.2) is 8.78 Å². The van der Waals surface area contributed by atoms with Crippen LogP contribution in [0.15, 0.2) is 0 Å². The molecule has 4 heterocycles. The van der Waals surface area contributed by atoms with E-state index in [-0.39, 0.29) is 141 Å². The minimum atomic E-state index is -5.22. The molecule has 0 aromatic rings. The lowest BCUT2D eigenvalue weighted by Crippen LogP contribution is -2.68. The molecule has 9 aliphatic rings. The fourth-order valence-electron chi connectivity index (χ4n) is 19.1. The third-order valence-electron chi connectivity index (χ3n) is 26.7. The zero-order valence-electron chi connectivity index (χ0n) is 68.9. The van der Waals surface area contributed by atoms with Gasteiger partial charge in [-0.1, -0.05) is 66.2 Å². The zero-order valence-corrected chi connectivity index (χ0v) is 68.9. The summed E-state index contributed by atoms with van der Waals surface area (Å²) in [4.78, 5) is 196. The van der Waals surface area contributed by atoms with E-state index in [9.17, 15) is 40.7 Å². The molecule has 650 valence electrons. The average molecular weight is 1640 g/mol. The van der Waals surface area contributed by atoms with Gasteiger partial charge in [0, 0.05) is 81.0 Å². The van der Waals surface area contributed by atoms with Crippen LogP contribution in [0.3, 0.4) is 0 Å². The predicted molar refractivity (Wildman–Crippen MR) is 406 cm³/mol. The van der Waals surface area contributed by atoms with E-state index in [1.54, 1.807) is 25.7 Å². The van der Waals surface area contributed by atoms with E-state index in [4.69, 9.17) is 9.47 Å². The van der Waals surface area contributed by atoms with Gasteiger partial charge in [-0.15, -0.1) is 0 Å². The molecule has 5 saturated carbocycles. The first kappa shape index (κ1) is 91.9. The molecule has 1 spiro atoms. The molecule has 4 saturated heterocycles. The van der Waals surface area contributed by atoms with Crippen LogP contribution in [-0.2, 0) is 67.0 Å². The van der Waals surface area contributed by atoms with Gasteiger partial charge in [-0.3, -0.25) is 57.5 Å². The van der Waals surface area contributed by atoms with Crippen molar-refractivity contribution in [3.8, 4) is 0 Å². The number of hydrogen-bond acceptors (Lipinski definition) is 14. The van der Waals surface area contributed by atoms with Gasteiger partial charge in [0.05, 0.1) is 44.7 Å². The van der Waals surface area contributed by atoms with Gasteiger partial charge in [0.25, 0.3) is 0 Å². The maximum atomic E-state index is 16.5. The van der Waals surface area contributed by atoms with Crippen LogP contribution in [0.2, 0.25) is 0 Å². The fourth-order valence-corrected chi connectivity index (χ4v) is 19.1. The van der Waals surface area contributed by atoms with Gasteiger partial charge in [-0.05, 0) is 164 Å². The van der Waals surface area contributed by atoms with E-state index in [1.807, 2.05) is 13.8 Å². The highest BCUT2D eigenvalue weighted by atomic mass is 19.4. The van der Waals surface area contributed by atoms with Crippen LogP contribution < -0.4 is 16.0 Å². The Balaban J connectivity index is 1.13. The van der Waals surface area contributed by atoms with Crippen molar-refractivity contribution in [2.24, 2.45) is 47.3 Å². The molecule has 5 aliphatic carbocycles. The number of rotatable bonds is 16. The number of fused-ring (bicyclic) bond motifs is 3. The number of carbonyl (C=O) groups is 12. The average Bonchev–Trinajstić information content (AvgIpc) is 1.73. The number of amides is 12. The number of halogens is 8. The molecule has 0 aromatic carbocycles. The van der Waals surface area contributed by atoms with Crippen molar-refractivity contribution < 1.29 is 102 Å². The van der Waals surface area contributed by atoms with E-state index in [0.29, 0.717) is 51.4 Å². The summed E-state index contributed by atoms with van der Waals surface area (Å²) in [7, 11) is 6.84. The van der Waals surface area contributed by atoms with Crippen LogP contribution in [0.1, 0.15) is 208 Å². The van der Waals surface area contributed by atoms with Crippen molar-refractivity contribution in [2.75, 3.05) is 101 Å². The maximum Gasteiger partial charge on any atom is 0.397 e. The highest BCUT2D eigenvalue weighted by Crippen LogP contribution is 2.46. The number of alkyl halides is 8. The number of nitrogens with zero attached hydrogens (tertiary/aromatic N) is 9. The summed E-state index contributed by atoms with van der Waals surface area (Å²) in [5, 5.41) is 8.57. The largest absolute Gasteiger partial charge is 0.397 e. The molecule has 3 N–H and O–H groups in total. The van der Waals surface area contributed by atoms with E-state index in [1.165, 1.54) is 54.8 Å². The minimum Gasteiger partial charge on any atom is -0.378 e. The van der Waals surface area contributed by atoms with E-state index in [0.717, 1.165) is 38.9 Å². The first-order valence-corrected chi connectivity index (χ1v) is 42.3. The van der Waals surface area contributed by atoms with Crippen molar-refractivity contribution in [3.05, 3.63) is 0 Å². The molecule has 0 aromatic heterocycles. The summed E-state index contributed by atoms with van der Waals surface area (Å²) >= 11 is 0. The van der Waals surface area contributed by atoms with Crippen LogP contribution in [0.5, 0.6) is 0 Å². The number of ether oxygens (including phenoxy) is 2. The molecule has 2 unspecified atom stereocenters. The van der Waals surface area contributed by atoms with Gasteiger partial charge >= 0.3 is 12.4 Å².